The number of alkyl carbamates (subject to hydrolysis) is 1. The topological polar surface area (TPSA) is 108 Å². The standard InChI is InChI=1S/C22H27NO7S/c1-5-28-20(24)15-19(23-21(25)29-22(2,3)4)16-11-13-17(14-12-16)30-31(26,27)18-9-7-6-8-10-18/h6-14,19H,5,15H2,1-4H3,(H,23,25). The number of esters is 1. The molecule has 0 spiro atoms. The van der Waals surface area contributed by atoms with Crippen molar-refractivity contribution < 1.29 is 31.7 Å². The van der Waals surface area contributed by atoms with Crippen LogP contribution in [0.25, 0.3) is 0 Å². The lowest BCUT2D eigenvalue weighted by molar-refractivity contribution is -0.143. The number of rotatable bonds is 8. The number of hydrogen-bond donors (Lipinski definition) is 1. The fraction of sp³-hybridized carbons (Fsp3) is 0.364. The highest BCUT2D eigenvalue weighted by atomic mass is 32.2. The van der Waals surface area contributed by atoms with E-state index in [4.69, 9.17) is 13.7 Å². The Bertz CT molecular complexity index is 981. The molecule has 1 amide bonds. The summed E-state index contributed by atoms with van der Waals surface area (Å²) in [5, 5.41) is 2.65. The van der Waals surface area contributed by atoms with E-state index in [1.54, 1.807) is 58.0 Å². The van der Waals surface area contributed by atoms with Gasteiger partial charge < -0.3 is 19.0 Å². The molecule has 0 heterocycles. The predicted octanol–water partition coefficient (Wildman–Crippen LogP) is 3.97. The van der Waals surface area contributed by atoms with Gasteiger partial charge in [-0.1, -0.05) is 30.3 Å². The molecule has 0 bridgehead atoms. The predicted molar refractivity (Wildman–Crippen MR) is 114 cm³/mol. The van der Waals surface area contributed by atoms with Gasteiger partial charge >= 0.3 is 22.2 Å². The molecule has 0 saturated carbocycles. The van der Waals surface area contributed by atoms with E-state index in [9.17, 15) is 18.0 Å². The van der Waals surface area contributed by atoms with Gasteiger partial charge in [0.25, 0.3) is 0 Å². The highest BCUT2D eigenvalue weighted by molar-refractivity contribution is 7.87. The molecule has 0 radical (unpaired) electrons. The van der Waals surface area contributed by atoms with Crippen LogP contribution in [0.1, 0.15) is 45.7 Å². The van der Waals surface area contributed by atoms with Crippen molar-refractivity contribution in [3.63, 3.8) is 0 Å². The molecule has 9 heteroatoms. The van der Waals surface area contributed by atoms with Gasteiger partial charge in [-0.15, -0.1) is 0 Å². The Labute approximate surface area is 182 Å². The van der Waals surface area contributed by atoms with E-state index in [0.29, 0.717) is 5.56 Å². The van der Waals surface area contributed by atoms with Crippen LogP contribution >= 0.6 is 0 Å². The first-order valence-electron chi connectivity index (χ1n) is 9.75. The number of ether oxygens (including phenoxy) is 2. The van der Waals surface area contributed by atoms with Crippen molar-refractivity contribution >= 4 is 22.2 Å². The summed E-state index contributed by atoms with van der Waals surface area (Å²) in [5.41, 5.74) is -0.148. The molecule has 0 aromatic heterocycles. The summed E-state index contributed by atoms with van der Waals surface area (Å²) in [6, 6.07) is 13.1. The second-order valence-corrected chi connectivity index (χ2v) is 9.17. The molecule has 2 rings (SSSR count). The highest BCUT2D eigenvalue weighted by Crippen LogP contribution is 2.24. The largest absolute Gasteiger partial charge is 0.466 e. The lowest BCUT2D eigenvalue weighted by Crippen LogP contribution is -2.36. The van der Waals surface area contributed by atoms with Crippen LogP contribution in [-0.4, -0.2) is 32.7 Å². The van der Waals surface area contributed by atoms with Gasteiger partial charge in [-0.2, -0.15) is 8.42 Å². The number of hydrogen-bond acceptors (Lipinski definition) is 7. The maximum atomic E-state index is 12.4. The number of benzene rings is 2. The molecule has 0 aliphatic heterocycles. The molecule has 0 fully saturated rings. The first-order chi connectivity index (χ1) is 14.5. The molecule has 2 aromatic carbocycles. The molecule has 168 valence electrons. The van der Waals surface area contributed by atoms with Crippen LogP contribution in [0.4, 0.5) is 4.79 Å². The van der Waals surface area contributed by atoms with Crippen LogP contribution in [0.3, 0.4) is 0 Å². The minimum atomic E-state index is -3.98. The summed E-state index contributed by atoms with van der Waals surface area (Å²) in [4.78, 5) is 24.2. The molecular weight excluding hydrogens is 422 g/mol. The molecule has 0 aliphatic rings. The van der Waals surface area contributed by atoms with Gasteiger partial charge in [0.05, 0.1) is 19.1 Å². The Morgan fingerprint density at radius 2 is 1.61 bits per heavy atom. The van der Waals surface area contributed by atoms with Crippen molar-refractivity contribution in [2.75, 3.05) is 6.61 Å². The molecule has 1 unspecified atom stereocenters. The van der Waals surface area contributed by atoms with E-state index >= 15 is 0 Å². The summed E-state index contributed by atoms with van der Waals surface area (Å²) < 4.78 is 40.1. The lowest BCUT2D eigenvalue weighted by atomic mass is 10.0. The zero-order valence-corrected chi connectivity index (χ0v) is 18.8. The molecule has 2 aromatic rings. The first-order valence-corrected chi connectivity index (χ1v) is 11.2. The summed E-state index contributed by atoms with van der Waals surface area (Å²) in [6.07, 6.45) is -0.802. The van der Waals surface area contributed by atoms with E-state index in [1.165, 1.54) is 24.3 Å². The van der Waals surface area contributed by atoms with Crippen molar-refractivity contribution in [1.29, 1.82) is 0 Å². The van der Waals surface area contributed by atoms with Gasteiger partial charge in [0.2, 0.25) is 0 Å². The highest BCUT2D eigenvalue weighted by Gasteiger charge is 2.24. The van der Waals surface area contributed by atoms with Crippen molar-refractivity contribution in [3.8, 4) is 5.75 Å². The number of carbonyl (C=O) groups is 2. The van der Waals surface area contributed by atoms with Crippen LogP contribution in [-0.2, 0) is 24.4 Å². The second kappa shape index (κ2) is 10.3. The van der Waals surface area contributed by atoms with Crippen molar-refractivity contribution in [3.05, 3.63) is 60.2 Å². The zero-order chi connectivity index (χ0) is 23.1. The van der Waals surface area contributed by atoms with E-state index < -0.39 is 33.8 Å². The quantitative estimate of drug-likeness (QED) is 0.480. The lowest BCUT2D eigenvalue weighted by Gasteiger charge is -2.23. The third-order valence-corrected chi connectivity index (χ3v) is 5.15. The maximum absolute atomic E-state index is 12.4. The van der Waals surface area contributed by atoms with Crippen LogP contribution in [0.15, 0.2) is 59.5 Å². The minimum absolute atomic E-state index is 0.0332. The van der Waals surface area contributed by atoms with Gasteiger partial charge in [0.15, 0.2) is 0 Å². The zero-order valence-electron chi connectivity index (χ0n) is 18.0. The maximum Gasteiger partial charge on any atom is 0.408 e. The Hall–Kier alpha value is -3.07. The summed E-state index contributed by atoms with van der Waals surface area (Å²) in [6.45, 7) is 7.08. The molecule has 31 heavy (non-hydrogen) atoms. The van der Waals surface area contributed by atoms with Crippen molar-refractivity contribution in [2.24, 2.45) is 0 Å². The van der Waals surface area contributed by atoms with Gasteiger partial charge in [-0.3, -0.25) is 4.79 Å². The third-order valence-electron chi connectivity index (χ3n) is 3.89. The van der Waals surface area contributed by atoms with Gasteiger partial charge in [0, 0.05) is 0 Å². The Morgan fingerprint density at radius 3 is 2.16 bits per heavy atom. The number of nitrogens with one attached hydrogen (secondary N) is 1. The average molecular weight is 450 g/mol. The number of carbonyl (C=O) groups excluding carboxylic acids is 2. The Balaban J connectivity index is 2.18. The average Bonchev–Trinajstić information content (AvgIpc) is 2.67. The normalized spacial score (nSPS) is 12.5. The molecule has 0 aliphatic carbocycles. The van der Waals surface area contributed by atoms with E-state index in [-0.39, 0.29) is 23.7 Å². The van der Waals surface area contributed by atoms with Crippen LogP contribution < -0.4 is 9.50 Å². The molecule has 8 nitrogen and oxygen atoms in total. The summed E-state index contributed by atoms with van der Waals surface area (Å²) in [7, 11) is -3.98. The van der Waals surface area contributed by atoms with Crippen molar-refractivity contribution in [1.82, 2.24) is 5.32 Å². The summed E-state index contributed by atoms with van der Waals surface area (Å²) >= 11 is 0. The van der Waals surface area contributed by atoms with Gasteiger partial charge in [-0.05, 0) is 57.5 Å². The monoisotopic (exact) mass is 449 g/mol. The van der Waals surface area contributed by atoms with E-state index in [1.807, 2.05) is 0 Å². The van der Waals surface area contributed by atoms with Gasteiger partial charge in [-0.25, -0.2) is 4.79 Å². The van der Waals surface area contributed by atoms with Crippen LogP contribution in [0, 0.1) is 0 Å². The molecule has 0 saturated heterocycles. The Kier molecular flexibility index (Phi) is 8.04. The van der Waals surface area contributed by atoms with E-state index in [0.717, 1.165) is 0 Å². The van der Waals surface area contributed by atoms with Crippen LogP contribution in [0.5, 0.6) is 5.75 Å². The van der Waals surface area contributed by atoms with Crippen molar-refractivity contribution in [2.45, 2.75) is 50.7 Å². The fourth-order valence-corrected chi connectivity index (χ4v) is 3.56. The smallest absolute Gasteiger partial charge is 0.408 e. The third kappa shape index (κ3) is 7.93. The van der Waals surface area contributed by atoms with Crippen LogP contribution in [0.2, 0.25) is 0 Å². The second-order valence-electron chi connectivity index (χ2n) is 7.63. The minimum Gasteiger partial charge on any atom is -0.466 e. The van der Waals surface area contributed by atoms with Gasteiger partial charge in [0.1, 0.15) is 16.2 Å². The molecule has 1 atom stereocenters. The SMILES string of the molecule is CCOC(=O)CC(NC(=O)OC(C)(C)C)c1ccc(OS(=O)(=O)c2ccccc2)cc1. The fourth-order valence-electron chi connectivity index (χ4n) is 2.61. The number of amides is 1. The van der Waals surface area contributed by atoms with E-state index in [2.05, 4.69) is 5.32 Å². The summed E-state index contributed by atoms with van der Waals surface area (Å²) in [5.74, 6) is -0.393. The Morgan fingerprint density at radius 1 is 1.00 bits per heavy atom. The molecular formula is C22H27NO7S. The first kappa shape index (κ1) is 24.2. The molecule has 1 N–H and O–H groups in total.